The predicted molar refractivity (Wildman–Crippen MR) is 68.2 cm³/mol. The number of rotatable bonds is 5. The van der Waals surface area contributed by atoms with Crippen molar-refractivity contribution in [3.05, 3.63) is 12.2 Å². The largest absolute Gasteiger partial charge is 0.469 e. The lowest BCUT2D eigenvalue weighted by Gasteiger charge is -2.44. The van der Waals surface area contributed by atoms with Gasteiger partial charge in [-0.2, -0.15) is 0 Å². The number of hydrogen-bond acceptors (Lipinski definition) is 2. The fourth-order valence-corrected chi connectivity index (χ4v) is 1.88. The van der Waals surface area contributed by atoms with Crippen LogP contribution in [-0.4, -0.2) is 13.1 Å². The maximum absolute atomic E-state index is 11.8. The fraction of sp³-hybridized carbons (Fsp3) is 0.786. The van der Waals surface area contributed by atoms with Crippen molar-refractivity contribution in [2.45, 2.75) is 48.0 Å². The van der Waals surface area contributed by atoms with Crippen molar-refractivity contribution in [3.8, 4) is 0 Å². The molecule has 0 amide bonds. The summed E-state index contributed by atoms with van der Waals surface area (Å²) in [6, 6.07) is 0. The first-order valence-corrected chi connectivity index (χ1v) is 5.89. The van der Waals surface area contributed by atoms with Crippen molar-refractivity contribution in [2.75, 3.05) is 7.11 Å². The molecule has 1 atom stereocenters. The van der Waals surface area contributed by atoms with Crippen LogP contribution in [0, 0.1) is 16.7 Å². The van der Waals surface area contributed by atoms with Crippen LogP contribution >= 0.6 is 0 Å². The summed E-state index contributed by atoms with van der Waals surface area (Å²) in [5, 5.41) is 0. The zero-order chi connectivity index (χ0) is 13.1. The number of esters is 1. The molecular weight excluding hydrogens is 200 g/mol. The van der Waals surface area contributed by atoms with Crippen molar-refractivity contribution >= 4 is 5.97 Å². The van der Waals surface area contributed by atoms with E-state index in [2.05, 4.69) is 34.3 Å². The summed E-state index contributed by atoms with van der Waals surface area (Å²) in [7, 11) is 1.44. The second-order valence-corrected chi connectivity index (χ2v) is 5.57. The molecule has 0 radical (unpaired) electrons. The highest BCUT2D eigenvalue weighted by Gasteiger charge is 2.47. The Hall–Kier alpha value is -0.790. The number of carbonyl (C=O) groups is 1. The van der Waals surface area contributed by atoms with Gasteiger partial charge in [-0.1, -0.05) is 39.8 Å². The van der Waals surface area contributed by atoms with E-state index >= 15 is 0 Å². The maximum atomic E-state index is 11.8. The topological polar surface area (TPSA) is 26.3 Å². The highest BCUT2D eigenvalue weighted by Crippen LogP contribution is 2.47. The van der Waals surface area contributed by atoms with Crippen LogP contribution in [0.25, 0.3) is 0 Å². The first-order valence-electron chi connectivity index (χ1n) is 5.89. The van der Waals surface area contributed by atoms with Crippen LogP contribution in [0.5, 0.6) is 0 Å². The lowest BCUT2D eigenvalue weighted by atomic mass is 9.60. The normalized spacial score (nSPS) is 14.4. The van der Waals surface area contributed by atoms with Crippen LogP contribution < -0.4 is 0 Å². The summed E-state index contributed by atoms with van der Waals surface area (Å²) in [5.41, 5.74) is 0.494. The van der Waals surface area contributed by atoms with E-state index in [9.17, 15) is 4.79 Å². The number of hydrogen-bond donors (Lipinski definition) is 0. The Morgan fingerprint density at radius 1 is 1.31 bits per heavy atom. The Labute approximate surface area is 100 Å². The van der Waals surface area contributed by atoms with Gasteiger partial charge in [0, 0.05) is 0 Å². The molecule has 0 aromatic heterocycles. The van der Waals surface area contributed by atoms with Crippen LogP contribution in [-0.2, 0) is 9.53 Å². The summed E-state index contributed by atoms with van der Waals surface area (Å²) in [6.45, 7) is 16.4. The number of carbonyl (C=O) groups excluding carboxylic acids is 1. The average Bonchev–Trinajstić information content (AvgIpc) is 2.25. The van der Waals surface area contributed by atoms with E-state index in [0.29, 0.717) is 0 Å². The Morgan fingerprint density at radius 2 is 1.75 bits per heavy atom. The minimum absolute atomic E-state index is 0.159. The molecule has 2 heteroatoms. The van der Waals surface area contributed by atoms with E-state index < -0.39 is 5.41 Å². The van der Waals surface area contributed by atoms with Crippen LogP contribution in [0.1, 0.15) is 48.0 Å². The highest BCUT2D eigenvalue weighted by atomic mass is 16.5. The van der Waals surface area contributed by atoms with Crippen molar-refractivity contribution in [3.63, 3.8) is 0 Å². The maximum Gasteiger partial charge on any atom is 0.311 e. The fourth-order valence-electron chi connectivity index (χ4n) is 1.88. The zero-order valence-corrected chi connectivity index (χ0v) is 11.8. The van der Waals surface area contributed by atoms with Gasteiger partial charge in [0.25, 0.3) is 0 Å². The molecule has 0 bridgehead atoms. The third kappa shape index (κ3) is 2.47. The molecule has 0 aromatic carbocycles. The first-order chi connectivity index (χ1) is 7.12. The second kappa shape index (κ2) is 5.03. The minimum atomic E-state index is -0.515. The van der Waals surface area contributed by atoms with Gasteiger partial charge in [-0.15, -0.1) is 0 Å². The zero-order valence-electron chi connectivity index (χ0n) is 11.8. The molecule has 0 aliphatic heterocycles. The average molecular weight is 226 g/mol. The second-order valence-electron chi connectivity index (χ2n) is 5.57. The van der Waals surface area contributed by atoms with E-state index in [1.54, 1.807) is 0 Å². The summed E-state index contributed by atoms with van der Waals surface area (Å²) in [6.07, 6.45) is 0.946. The summed E-state index contributed by atoms with van der Waals surface area (Å²) < 4.78 is 4.90. The first kappa shape index (κ1) is 15.2. The molecule has 0 N–H and O–H groups in total. The van der Waals surface area contributed by atoms with E-state index in [-0.39, 0.29) is 17.3 Å². The summed E-state index contributed by atoms with van der Waals surface area (Å²) in [5.74, 6) is 0.125. The van der Waals surface area contributed by atoms with E-state index in [1.165, 1.54) is 12.7 Å². The lowest BCUT2D eigenvalue weighted by Crippen LogP contribution is -2.44. The molecule has 1 unspecified atom stereocenters. The standard InChI is InChI=1S/C14H26O2/c1-9-10(2)11(3)13(4,5)14(6,7)12(15)16-8/h11H,2,9H2,1,3-8H3. The molecule has 0 saturated carbocycles. The molecule has 0 aliphatic rings. The van der Waals surface area contributed by atoms with Gasteiger partial charge in [-0.05, 0) is 31.6 Å². The van der Waals surface area contributed by atoms with Gasteiger partial charge in [0.1, 0.15) is 0 Å². The minimum Gasteiger partial charge on any atom is -0.469 e. The molecule has 94 valence electrons. The van der Waals surface area contributed by atoms with Crippen LogP contribution in [0.3, 0.4) is 0 Å². The van der Waals surface area contributed by atoms with Gasteiger partial charge in [0.2, 0.25) is 0 Å². The number of ether oxygens (including phenoxy) is 1. The highest BCUT2D eigenvalue weighted by molar-refractivity contribution is 5.76. The molecule has 0 saturated heterocycles. The van der Waals surface area contributed by atoms with Crippen LogP contribution in [0.15, 0.2) is 12.2 Å². The Balaban J connectivity index is 5.17. The molecule has 2 nitrogen and oxygen atoms in total. The van der Waals surface area contributed by atoms with Crippen LogP contribution in [0.4, 0.5) is 0 Å². The number of allylic oxidation sites excluding steroid dienone is 1. The molecular formula is C14H26O2. The number of methoxy groups -OCH3 is 1. The Bertz CT molecular complexity index is 274. The van der Waals surface area contributed by atoms with Crippen molar-refractivity contribution in [1.29, 1.82) is 0 Å². The SMILES string of the molecule is C=C(CC)C(C)C(C)(C)C(C)(C)C(=O)OC. The Morgan fingerprint density at radius 3 is 2.06 bits per heavy atom. The molecule has 0 spiro atoms. The van der Waals surface area contributed by atoms with Crippen molar-refractivity contribution < 1.29 is 9.53 Å². The van der Waals surface area contributed by atoms with Gasteiger partial charge < -0.3 is 4.74 Å². The third-order valence-electron chi connectivity index (χ3n) is 4.46. The van der Waals surface area contributed by atoms with Gasteiger partial charge in [-0.25, -0.2) is 0 Å². The summed E-state index contributed by atoms with van der Waals surface area (Å²) in [4.78, 5) is 11.8. The van der Waals surface area contributed by atoms with E-state index in [0.717, 1.165) is 6.42 Å². The lowest BCUT2D eigenvalue weighted by molar-refractivity contribution is -0.159. The van der Waals surface area contributed by atoms with Crippen molar-refractivity contribution in [1.82, 2.24) is 0 Å². The van der Waals surface area contributed by atoms with Gasteiger partial charge in [-0.3, -0.25) is 4.79 Å². The Kier molecular flexibility index (Phi) is 4.78. The molecule has 0 rings (SSSR count). The van der Waals surface area contributed by atoms with Crippen molar-refractivity contribution in [2.24, 2.45) is 16.7 Å². The smallest absolute Gasteiger partial charge is 0.311 e. The van der Waals surface area contributed by atoms with Gasteiger partial charge in [0.15, 0.2) is 0 Å². The molecule has 0 heterocycles. The predicted octanol–water partition coefficient (Wildman–Crippen LogP) is 3.81. The third-order valence-corrected chi connectivity index (χ3v) is 4.46. The van der Waals surface area contributed by atoms with E-state index in [1.807, 2.05) is 13.8 Å². The van der Waals surface area contributed by atoms with E-state index in [4.69, 9.17) is 4.74 Å². The van der Waals surface area contributed by atoms with Gasteiger partial charge >= 0.3 is 5.97 Å². The summed E-state index contributed by atoms with van der Waals surface area (Å²) >= 11 is 0. The van der Waals surface area contributed by atoms with Gasteiger partial charge in [0.05, 0.1) is 12.5 Å². The molecule has 0 aromatic rings. The molecule has 0 fully saturated rings. The quantitative estimate of drug-likeness (QED) is 0.526. The molecule has 0 aliphatic carbocycles. The molecule has 16 heavy (non-hydrogen) atoms. The monoisotopic (exact) mass is 226 g/mol. The van der Waals surface area contributed by atoms with Crippen LogP contribution in [0.2, 0.25) is 0 Å².